The second-order valence-electron chi connectivity index (χ2n) is 5.65. The fraction of sp³-hybridized carbons (Fsp3) is 0.235. The highest BCUT2D eigenvalue weighted by atomic mass is 79.9. The van der Waals surface area contributed by atoms with Crippen LogP contribution < -0.4 is 14.8 Å². The van der Waals surface area contributed by atoms with E-state index in [4.69, 9.17) is 21.1 Å². The normalized spacial score (nSPS) is 15.0. The summed E-state index contributed by atoms with van der Waals surface area (Å²) in [5.41, 5.74) is -0.310. The van der Waals surface area contributed by atoms with Crippen LogP contribution in [0.4, 0.5) is 0 Å². The van der Waals surface area contributed by atoms with E-state index in [1.807, 2.05) is 0 Å². The molecule has 1 aliphatic heterocycles. The molecule has 0 aromatic heterocycles. The highest BCUT2D eigenvalue weighted by molar-refractivity contribution is 9.10. The molecule has 0 fully saturated rings. The van der Waals surface area contributed by atoms with Gasteiger partial charge in [-0.3, -0.25) is 4.79 Å². The number of benzene rings is 2. The number of halogens is 2. The maximum absolute atomic E-state index is 12.3. The van der Waals surface area contributed by atoms with Crippen molar-refractivity contribution >= 4 is 33.4 Å². The van der Waals surface area contributed by atoms with Crippen molar-refractivity contribution in [3.8, 4) is 11.5 Å². The van der Waals surface area contributed by atoms with Crippen LogP contribution in [-0.2, 0) is 5.60 Å². The van der Waals surface area contributed by atoms with Gasteiger partial charge in [0.05, 0.1) is 17.1 Å². The number of rotatable bonds is 4. The first-order chi connectivity index (χ1) is 11.4. The fourth-order valence-electron chi connectivity index (χ4n) is 2.35. The predicted octanol–water partition coefficient (Wildman–Crippen LogP) is 3.47. The largest absolute Gasteiger partial charge is 0.454 e. The van der Waals surface area contributed by atoms with Crippen molar-refractivity contribution in [2.24, 2.45) is 0 Å². The third-order valence-corrected chi connectivity index (χ3v) is 4.58. The number of hydrogen-bond acceptors (Lipinski definition) is 4. The molecule has 0 saturated heterocycles. The van der Waals surface area contributed by atoms with Crippen LogP contribution in [0.1, 0.15) is 22.8 Å². The summed E-state index contributed by atoms with van der Waals surface area (Å²) in [5.74, 6) is 0.857. The fourth-order valence-corrected chi connectivity index (χ4v) is 2.92. The van der Waals surface area contributed by atoms with Gasteiger partial charge in [-0.25, -0.2) is 0 Å². The van der Waals surface area contributed by atoms with Crippen LogP contribution in [-0.4, -0.2) is 24.4 Å². The lowest BCUT2D eigenvalue weighted by atomic mass is 9.95. The van der Waals surface area contributed by atoms with Gasteiger partial charge in [-0.15, -0.1) is 0 Å². The molecular weight excluding hydrogens is 398 g/mol. The Kier molecular flexibility index (Phi) is 4.71. The number of aliphatic hydroxyl groups is 1. The van der Waals surface area contributed by atoms with Crippen LogP contribution in [0.5, 0.6) is 11.5 Å². The quantitative estimate of drug-likeness (QED) is 0.807. The minimum atomic E-state index is -1.27. The van der Waals surface area contributed by atoms with E-state index in [1.54, 1.807) is 43.3 Å². The average Bonchev–Trinajstić information content (AvgIpc) is 3.02. The highest BCUT2D eigenvalue weighted by Gasteiger charge is 2.27. The first kappa shape index (κ1) is 17.1. The van der Waals surface area contributed by atoms with Gasteiger partial charge in [0, 0.05) is 4.47 Å². The lowest BCUT2D eigenvalue weighted by Crippen LogP contribution is -2.38. The zero-order valence-corrected chi connectivity index (χ0v) is 15.1. The number of hydrogen-bond donors (Lipinski definition) is 2. The summed E-state index contributed by atoms with van der Waals surface area (Å²) in [5, 5.41) is 13.7. The lowest BCUT2D eigenvalue weighted by molar-refractivity contribution is 0.0525. The zero-order valence-electron chi connectivity index (χ0n) is 12.8. The number of fused-ring (bicyclic) bond motifs is 1. The molecular formula is C17H15BrClNO4. The van der Waals surface area contributed by atoms with Crippen LogP contribution >= 0.6 is 27.5 Å². The van der Waals surface area contributed by atoms with Gasteiger partial charge in [0.1, 0.15) is 5.60 Å². The number of carbonyl (C=O) groups excluding carboxylic acids is 1. The molecule has 3 rings (SSSR count). The van der Waals surface area contributed by atoms with Crippen molar-refractivity contribution in [2.75, 3.05) is 13.3 Å². The summed E-state index contributed by atoms with van der Waals surface area (Å²) in [7, 11) is 0. The number of ether oxygens (including phenoxy) is 2. The Balaban J connectivity index is 1.73. The first-order valence-corrected chi connectivity index (χ1v) is 8.40. The minimum Gasteiger partial charge on any atom is -0.454 e. The summed E-state index contributed by atoms with van der Waals surface area (Å²) < 4.78 is 11.3. The van der Waals surface area contributed by atoms with Crippen molar-refractivity contribution in [3.63, 3.8) is 0 Å². The van der Waals surface area contributed by atoms with Crippen LogP contribution in [0.3, 0.4) is 0 Å². The van der Waals surface area contributed by atoms with E-state index >= 15 is 0 Å². The smallest absolute Gasteiger partial charge is 0.252 e. The molecule has 0 unspecified atom stereocenters. The molecule has 7 heteroatoms. The minimum absolute atomic E-state index is 0.0221. The Labute approximate surface area is 152 Å². The van der Waals surface area contributed by atoms with E-state index in [1.165, 1.54) is 0 Å². The van der Waals surface area contributed by atoms with Crippen LogP contribution in [0.15, 0.2) is 40.9 Å². The van der Waals surface area contributed by atoms with Gasteiger partial charge in [-0.05, 0) is 42.8 Å². The Morgan fingerprint density at radius 3 is 2.83 bits per heavy atom. The SMILES string of the molecule is C[C@@](O)(CNC(=O)c1cc(Br)ccc1Cl)c1ccc2c(c1)OCO2. The van der Waals surface area contributed by atoms with Gasteiger partial charge in [-0.2, -0.15) is 0 Å². The van der Waals surface area contributed by atoms with Crippen molar-refractivity contribution in [3.05, 3.63) is 57.0 Å². The second-order valence-corrected chi connectivity index (χ2v) is 6.97. The van der Waals surface area contributed by atoms with Gasteiger partial charge < -0.3 is 19.9 Å². The Morgan fingerprint density at radius 1 is 1.29 bits per heavy atom. The standard InChI is InChI=1S/C17H15BrClNO4/c1-17(22,10-2-5-14-15(6-10)24-9-23-14)8-20-16(21)12-7-11(18)3-4-13(12)19/h2-7,22H,8-9H2,1H3,(H,20,21)/t17-/m1/s1. The van der Waals surface area contributed by atoms with Crippen molar-refractivity contribution in [1.82, 2.24) is 5.32 Å². The van der Waals surface area contributed by atoms with E-state index < -0.39 is 5.60 Å². The van der Waals surface area contributed by atoms with E-state index in [9.17, 15) is 9.90 Å². The van der Waals surface area contributed by atoms with Gasteiger partial charge in [0.2, 0.25) is 6.79 Å². The summed E-state index contributed by atoms with van der Waals surface area (Å²) in [4.78, 5) is 12.3. The van der Waals surface area contributed by atoms with Gasteiger partial charge >= 0.3 is 0 Å². The number of carbonyl (C=O) groups is 1. The number of nitrogens with one attached hydrogen (secondary N) is 1. The highest BCUT2D eigenvalue weighted by Crippen LogP contribution is 2.35. The Bertz CT molecular complexity index is 794. The molecule has 0 radical (unpaired) electrons. The molecule has 24 heavy (non-hydrogen) atoms. The van der Waals surface area contributed by atoms with E-state index in [0.29, 0.717) is 27.6 Å². The molecule has 126 valence electrons. The van der Waals surface area contributed by atoms with Crippen molar-refractivity contribution < 1.29 is 19.4 Å². The van der Waals surface area contributed by atoms with Gasteiger partial charge in [0.25, 0.3) is 5.91 Å². The van der Waals surface area contributed by atoms with Crippen molar-refractivity contribution in [1.29, 1.82) is 0 Å². The number of amides is 1. The zero-order chi connectivity index (χ0) is 17.3. The molecule has 1 aliphatic rings. The average molecular weight is 413 g/mol. The van der Waals surface area contributed by atoms with Crippen LogP contribution in [0.2, 0.25) is 5.02 Å². The summed E-state index contributed by atoms with van der Waals surface area (Å²) in [6, 6.07) is 10.2. The van der Waals surface area contributed by atoms with E-state index in [0.717, 1.165) is 4.47 Å². The summed E-state index contributed by atoms with van der Waals surface area (Å²) >= 11 is 9.35. The van der Waals surface area contributed by atoms with Gasteiger partial charge in [0.15, 0.2) is 11.5 Å². The van der Waals surface area contributed by atoms with Crippen molar-refractivity contribution in [2.45, 2.75) is 12.5 Å². The molecule has 0 bridgehead atoms. The third-order valence-electron chi connectivity index (χ3n) is 3.76. The molecule has 5 nitrogen and oxygen atoms in total. The molecule has 2 N–H and O–H groups in total. The summed E-state index contributed by atoms with van der Waals surface area (Å²) in [6.07, 6.45) is 0. The molecule has 1 heterocycles. The first-order valence-electron chi connectivity index (χ1n) is 7.22. The predicted molar refractivity (Wildman–Crippen MR) is 93.6 cm³/mol. The van der Waals surface area contributed by atoms with Crippen LogP contribution in [0, 0.1) is 0 Å². The van der Waals surface area contributed by atoms with E-state index in [2.05, 4.69) is 21.2 Å². The molecule has 2 aromatic rings. The Morgan fingerprint density at radius 2 is 2.04 bits per heavy atom. The van der Waals surface area contributed by atoms with Gasteiger partial charge in [-0.1, -0.05) is 33.6 Å². The molecule has 2 aromatic carbocycles. The molecule has 0 saturated carbocycles. The molecule has 1 amide bonds. The topological polar surface area (TPSA) is 67.8 Å². The van der Waals surface area contributed by atoms with Crippen LogP contribution in [0.25, 0.3) is 0 Å². The van der Waals surface area contributed by atoms with E-state index in [-0.39, 0.29) is 19.2 Å². The third kappa shape index (κ3) is 3.50. The Hall–Kier alpha value is -1.76. The summed E-state index contributed by atoms with van der Waals surface area (Å²) in [6.45, 7) is 1.81. The molecule has 0 spiro atoms. The second kappa shape index (κ2) is 6.63. The molecule has 1 atom stereocenters. The lowest BCUT2D eigenvalue weighted by Gasteiger charge is -2.24. The maximum atomic E-state index is 12.3. The maximum Gasteiger partial charge on any atom is 0.252 e. The molecule has 0 aliphatic carbocycles. The monoisotopic (exact) mass is 411 g/mol.